The van der Waals surface area contributed by atoms with Crippen molar-refractivity contribution in [1.29, 1.82) is 0 Å². The largest absolute Gasteiger partial charge is 0.478 e. The van der Waals surface area contributed by atoms with Crippen LogP contribution in [0.2, 0.25) is 0 Å². The highest BCUT2D eigenvalue weighted by atomic mass is 16.5. The third kappa shape index (κ3) is 4.62. The second kappa shape index (κ2) is 8.34. The second-order valence-electron chi connectivity index (χ2n) is 7.35. The monoisotopic (exact) mass is 361 g/mol. The summed E-state index contributed by atoms with van der Waals surface area (Å²) in [4.78, 5) is 38.1. The number of Topliss-reactive ketones (excluding diaryl/α,β-unsaturated/α-hetero) is 1. The maximum Gasteiger partial charge on any atom is 0.326 e. The lowest BCUT2D eigenvalue weighted by molar-refractivity contribution is -0.144. The molecule has 1 aliphatic rings. The van der Waals surface area contributed by atoms with Gasteiger partial charge in [0.1, 0.15) is 12.3 Å². The van der Waals surface area contributed by atoms with Gasteiger partial charge in [-0.1, -0.05) is 27.7 Å². The van der Waals surface area contributed by atoms with Crippen LogP contribution in [0.4, 0.5) is 5.69 Å². The lowest BCUT2D eigenvalue weighted by Crippen LogP contribution is -2.50. The summed E-state index contributed by atoms with van der Waals surface area (Å²) in [6, 6.07) is 4.92. The standard InChI is InChI=1S/C20H27NO5/c1-12(2)8-9-25-18(23)11-21-16-10-15(14(5)22)6-7-17(16)26-19(13(3)4)20(21)24/h6-7,10,12-13,19H,8-9,11H2,1-5H3. The molecule has 1 aliphatic heterocycles. The van der Waals surface area contributed by atoms with Crippen molar-refractivity contribution in [3.05, 3.63) is 23.8 Å². The molecule has 1 aromatic carbocycles. The second-order valence-corrected chi connectivity index (χ2v) is 7.35. The first kappa shape index (κ1) is 19.9. The molecule has 0 aromatic heterocycles. The molecule has 0 saturated carbocycles. The van der Waals surface area contributed by atoms with Crippen molar-refractivity contribution in [2.24, 2.45) is 11.8 Å². The predicted octanol–water partition coefficient (Wildman–Crippen LogP) is 3.23. The van der Waals surface area contributed by atoms with Gasteiger partial charge in [0.2, 0.25) is 0 Å². The molecule has 0 N–H and O–H groups in total. The van der Waals surface area contributed by atoms with Crippen LogP contribution < -0.4 is 9.64 Å². The van der Waals surface area contributed by atoms with Crippen molar-refractivity contribution in [2.75, 3.05) is 18.1 Å². The molecule has 6 nitrogen and oxygen atoms in total. The Hall–Kier alpha value is -2.37. The zero-order valence-corrected chi connectivity index (χ0v) is 16.1. The van der Waals surface area contributed by atoms with Crippen LogP contribution in [0.1, 0.15) is 51.4 Å². The van der Waals surface area contributed by atoms with Crippen molar-refractivity contribution < 1.29 is 23.9 Å². The number of rotatable bonds is 7. The number of esters is 1. The first-order valence-electron chi connectivity index (χ1n) is 8.99. The number of ether oxygens (including phenoxy) is 2. The molecule has 0 bridgehead atoms. The molecule has 0 saturated heterocycles. The molecule has 142 valence electrons. The van der Waals surface area contributed by atoms with Gasteiger partial charge in [-0.15, -0.1) is 0 Å². The molecule has 0 aliphatic carbocycles. The zero-order valence-electron chi connectivity index (χ0n) is 16.1. The first-order valence-corrected chi connectivity index (χ1v) is 8.99. The third-order valence-electron chi connectivity index (χ3n) is 4.27. The van der Waals surface area contributed by atoms with E-state index >= 15 is 0 Å². The number of ketones is 1. The molecule has 26 heavy (non-hydrogen) atoms. The van der Waals surface area contributed by atoms with Gasteiger partial charge < -0.3 is 9.47 Å². The first-order chi connectivity index (χ1) is 12.2. The van der Waals surface area contributed by atoms with Gasteiger partial charge in [-0.25, -0.2) is 0 Å². The van der Waals surface area contributed by atoms with E-state index in [1.165, 1.54) is 11.8 Å². The number of carbonyl (C=O) groups excluding carboxylic acids is 3. The van der Waals surface area contributed by atoms with E-state index in [1.807, 2.05) is 27.7 Å². The number of anilines is 1. The van der Waals surface area contributed by atoms with Crippen LogP contribution in [-0.2, 0) is 14.3 Å². The zero-order chi connectivity index (χ0) is 19.4. The van der Waals surface area contributed by atoms with Gasteiger partial charge in [0.05, 0.1) is 12.3 Å². The van der Waals surface area contributed by atoms with E-state index in [2.05, 4.69) is 0 Å². The normalized spacial score (nSPS) is 16.5. The summed E-state index contributed by atoms with van der Waals surface area (Å²) in [6.45, 7) is 9.45. The summed E-state index contributed by atoms with van der Waals surface area (Å²) >= 11 is 0. The van der Waals surface area contributed by atoms with E-state index in [1.54, 1.807) is 18.2 Å². The lowest BCUT2D eigenvalue weighted by Gasteiger charge is -2.35. The van der Waals surface area contributed by atoms with E-state index in [-0.39, 0.29) is 24.2 Å². The highest BCUT2D eigenvalue weighted by Crippen LogP contribution is 2.36. The Morgan fingerprint density at radius 1 is 1.23 bits per heavy atom. The van der Waals surface area contributed by atoms with Gasteiger partial charge in [0, 0.05) is 5.56 Å². The number of benzene rings is 1. The Kier molecular flexibility index (Phi) is 6.40. The number of hydrogen-bond acceptors (Lipinski definition) is 5. The number of nitrogens with zero attached hydrogens (tertiary/aromatic N) is 1. The Labute approximate surface area is 154 Å². The van der Waals surface area contributed by atoms with Gasteiger partial charge in [-0.3, -0.25) is 19.3 Å². The summed E-state index contributed by atoms with van der Waals surface area (Å²) in [5.41, 5.74) is 0.890. The number of carbonyl (C=O) groups is 3. The van der Waals surface area contributed by atoms with Crippen molar-refractivity contribution in [3.63, 3.8) is 0 Å². The fourth-order valence-electron chi connectivity index (χ4n) is 2.67. The highest BCUT2D eigenvalue weighted by Gasteiger charge is 2.37. The maximum absolute atomic E-state index is 12.8. The number of fused-ring (bicyclic) bond motifs is 1. The molecule has 1 heterocycles. The van der Waals surface area contributed by atoms with Crippen molar-refractivity contribution in [2.45, 2.75) is 47.1 Å². The van der Waals surface area contributed by atoms with Crippen LogP contribution in [0.5, 0.6) is 5.75 Å². The molecule has 0 spiro atoms. The minimum absolute atomic E-state index is 0.0532. The molecule has 1 unspecified atom stereocenters. The fraction of sp³-hybridized carbons (Fsp3) is 0.550. The molecule has 2 rings (SSSR count). The predicted molar refractivity (Wildman–Crippen MR) is 98.5 cm³/mol. The number of amides is 1. The maximum atomic E-state index is 12.8. The lowest BCUT2D eigenvalue weighted by atomic mass is 10.0. The van der Waals surface area contributed by atoms with E-state index in [4.69, 9.17) is 9.47 Å². The summed E-state index contributed by atoms with van der Waals surface area (Å²) in [7, 11) is 0. The van der Waals surface area contributed by atoms with Crippen LogP contribution in [-0.4, -0.2) is 36.9 Å². The van der Waals surface area contributed by atoms with Gasteiger partial charge >= 0.3 is 5.97 Å². The molecular weight excluding hydrogens is 334 g/mol. The Morgan fingerprint density at radius 2 is 1.92 bits per heavy atom. The van der Waals surface area contributed by atoms with Crippen molar-refractivity contribution in [3.8, 4) is 5.75 Å². The van der Waals surface area contributed by atoms with Gasteiger partial charge in [-0.05, 0) is 43.4 Å². The fourth-order valence-corrected chi connectivity index (χ4v) is 2.67. The van der Waals surface area contributed by atoms with Gasteiger partial charge in [0.25, 0.3) is 5.91 Å². The third-order valence-corrected chi connectivity index (χ3v) is 4.27. The van der Waals surface area contributed by atoms with E-state index < -0.39 is 12.1 Å². The van der Waals surface area contributed by atoms with Crippen molar-refractivity contribution >= 4 is 23.3 Å². The SMILES string of the molecule is CC(=O)c1ccc2c(c1)N(CC(=O)OCCC(C)C)C(=O)C(C(C)C)O2. The average Bonchev–Trinajstić information content (AvgIpc) is 2.56. The molecular formula is C20H27NO5. The molecule has 1 amide bonds. The van der Waals surface area contributed by atoms with E-state index in [0.29, 0.717) is 29.5 Å². The Morgan fingerprint density at radius 3 is 2.50 bits per heavy atom. The van der Waals surface area contributed by atoms with Crippen molar-refractivity contribution in [1.82, 2.24) is 0 Å². The van der Waals surface area contributed by atoms with E-state index in [0.717, 1.165) is 6.42 Å². The van der Waals surface area contributed by atoms with Crippen LogP contribution in [0.25, 0.3) is 0 Å². The summed E-state index contributed by atoms with van der Waals surface area (Å²) in [5, 5.41) is 0. The Bertz CT molecular complexity index is 695. The molecule has 1 atom stereocenters. The van der Waals surface area contributed by atoms with Crippen LogP contribution in [0.3, 0.4) is 0 Å². The van der Waals surface area contributed by atoms with Gasteiger partial charge in [0.15, 0.2) is 11.9 Å². The topological polar surface area (TPSA) is 72.9 Å². The minimum atomic E-state index is -0.672. The minimum Gasteiger partial charge on any atom is -0.478 e. The van der Waals surface area contributed by atoms with Crippen LogP contribution in [0.15, 0.2) is 18.2 Å². The molecule has 0 fully saturated rings. The smallest absolute Gasteiger partial charge is 0.326 e. The highest BCUT2D eigenvalue weighted by molar-refractivity contribution is 6.05. The summed E-state index contributed by atoms with van der Waals surface area (Å²) in [6.07, 6.45) is 0.0943. The van der Waals surface area contributed by atoms with Crippen LogP contribution >= 0.6 is 0 Å². The number of hydrogen-bond donors (Lipinski definition) is 0. The van der Waals surface area contributed by atoms with Gasteiger partial charge in [-0.2, -0.15) is 0 Å². The molecule has 0 radical (unpaired) electrons. The summed E-state index contributed by atoms with van der Waals surface area (Å²) < 4.78 is 11.1. The van der Waals surface area contributed by atoms with E-state index in [9.17, 15) is 14.4 Å². The van der Waals surface area contributed by atoms with Crippen LogP contribution in [0, 0.1) is 11.8 Å². The molecule has 6 heteroatoms. The average molecular weight is 361 g/mol. The Balaban J connectivity index is 2.27. The summed E-state index contributed by atoms with van der Waals surface area (Å²) in [5.74, 6) is -0.0230. The molecule has 1 aromatic rings. The quantitative estimate of drug-likeness (QED) is 0.551.